The summed E-state index contributed by atoms with van der Waals surface area (Å²) in [6.45, 7) is 0.617. The number of rotatable bonds is 8. The summed E-state index contributed by atoms with van der Waals surface area (Å²) >= 11 is 0. The maximum atomic E-state index is 12.6. The number of allylic oxidation sites excluding steroid dienone is 1. The van der Waals surface area contributed by atoms with E-state index in [1.54, 1.807) is 50.5 Å². The van der Waals surface area contributed by atoms with Crippen LogP contribution < -0.4 is 9.47 Å². The fourth-order valence-corrected chi connectivity index (χ4v) is 3.43. The Bertz CT molecular complexity index is 1260. The zero-order valence-electron chi connectivity index (χ0n) is 18.2. The predicted octanol–water partition coefficient (Wildman–Crippen LogP) is 4.25. The second-order valence-electron chi connectivity index (χ2n) is 7.29. The summed E-state index contributed by atoms with van der Waals surface area (Å²) in [4.78, 5) is 12.6. The van der Waals surface area contributed by atoms with Crippen LogP contribution >= 0.6 is 0 Å². The SMILES string of the molecule is COc1ccc(-c2nn(Cc3ccccc3)cc2C=CC(=O)c2cnn(C)c2)cc1OC. The van der Waals surface area contributed by atoms with Crippen molar-refractivity contribution in [1.29, 1.82) is 0 Å². The quantitative estimate of drug-likeness (QED) is 0.310. The van der Waals surface area contributed by atoms with Gasteiger partial charge in [-0.2, -0.15) is 10.2 Å². The average molecular weight is 428 g/mol. The summed E-state index contributed by atoms with van der Waals surface area (Å²) in [5.74, 6) is 1.14. The van der Waals surface area contributed by atoms with Crippen molar-refractivity contribution >= 4 is 11.9 Å². The van der Waals surface area contributed by atoms with Crippen LogP contribution in [0, 0.1) is 0 Å². The van der Waals surface area contributed by atoms with Gasteiger partial charge in [0.15, 0.2) is 17.3 Å². The van der Waals surface area contributed by atoms with E-state index < -0.39 is 0 Å². The third kappa shape index (κ3) is 4.62. The largest absolute Gasteiger partial charge is 0.493 e. The Balaban J connectivity index is 1.71. The molecular weight excluding hydrogens is 404 g/mol. The molecule has 2 heterocycles. The van der Waals surface area contributed by atoms with E-state index in [1.165, 1.54) is 0 Å². The highest BCUT2D eigenvalue weighted by molar-refractivity contribution is 6.06. The Hall–Kier alpha value is -4.13. The van der Waals surface area contributed by atoms with Crippen molar-refractivity contribution in [2.45, 2.75) is 6.54 Å². The minimum absolute atomic E-state index is 0.118. The van der Waals surface area contributed by atoms with E-state index in [0.717, 1.165) is 22.4 Å². The molecule has 0 aliphatic heterocycles. The fraction of sp³-hybridized carbons (Fsp3) is 0.160. The summed E-state index contributed by atoms with van der Waals surface area (Å²) in [6.07, 6.45) is 8.52. The molecule has 0 aliphatic rings. The van der Waals surface area contributed by atoms with Crippen LogP contribution in [0.3, 0.4) is 0 Å². The molecule has 0 unspecified atom stereocenters. The standard InChI is InChI=1S/C25H24N4O3/c1-28-16-21(14-26-28)22(30)11-9-20-17-29(15-18-7-5-4-6-8-18)27-25(20)19-10-12-23(31-2)24(13-19)32-3/h4-14,16-17H,15H2,1-3H3. The molecule has 0 saturated carbocycles. The normalized spacial score (nSPS) is 11.1. The van der Waals surface area contributed by atoms with Crippen LogP contribution in [0.5, 0.6) is 11.5 Å². The van der Waals surface area contributed by atoms with Gasteiger partial charge in [-0.15, -0.1) is 0 Å². The van der Waals surface area contributed by atoms with E-state index in [1.807, 2.05) is 47.3 Å². The number of aromatic nitrogens is 4. The third-order valence-electron chi connectivity index (χ3n) is 5.04. The molecule has 0 aliphatic carbocycles. The van der Waals surface area contributed by atoms with Gasteiger partial charge in [0.25, 0.3) is 0 Å². The molecule has 0 bridgehead atoms. The van der Waals surface area contributed by atoms with Gasteiger partial charge in [-0.05, 0) is 35.9 Å². The third-order valence-corrected chi connectivity index (χ3v) is 5.04. The number of nitrogens with zero attached hydrogens (tertiary/aromatic N) is 4. The van der Waals surface area contributed by atoms with Crippen LogP contribution in [-0.4, -0.2) is 39.6 Å². The van der Waals surface area contributed by atoms with Gasteiger partial charge in [0.05, 0.1) is 38.2 Å². The van der Waals surface area contributed by atoms with E-state index in [9.17, 15) is 4.79 Å². The van der Waals surface area contributed by atoms with E-state index in [2.05, 4.69) is 17.2 Å². The lowest BCUT2D eigenvalue weighted by atomic mass is 10.1. The van der Waals surface area contributed by atoms with Gasteiger partial charge >= 0.3 is 0 Å². The van der Waals surface area contributed by atoms with Crippen LogP contribution in [-0.2, 0) is 13.6 Å². The molecule has 0 saturated heterocycles. The first-order chi connectivity index (χ1) is 15.6. The number of hydrogen-bond donors (Lipinski definition) is 0. The predicted molar refractivity (Wildman–Crippen MR) is 123 cm³/mol. The number of carbonyl (C=O) groups excluding carboxylic acids is 1. The molecule has 2 aromatic heterocycles. The highest BCUT2D eigenvalue weighted by atomic mass is 16.5. The number of benzene rings is 2. The monoisotopic (exact) mass is 428 g/mol. The summed E-state index contributed by atoms with van der Waals surface area (Å²) in [5.41, 5.74) is 4.11. The lowest BCUT2D eigenvalue weighted by Crippen LogP contribution is -2.00. The molecule has 0 N–H and O–H groups in total. The summed E-state index contributed by atoms with van der Waals surface area (Å²) in [6, 6.07) is 15.8. The van der Waals surface area contributed by atoms with Crippen molar-refractivity contribution in [3.63, 3.8) is 0 Å². The second-order valence-corrected chi connectivity index (χ2v) is 7.29. The molecule has 0 atom stereocenters. The fourth-order valence-electron chi connectivity index (χ4n) is 3.43. The van der Waals surface area contributed by atoms with E-state index >= 15 is 0 Å². The Kier molecular flexibility index (Phi) is 6.17. The Morgan fingerprint density at radius 3 is 2.50 bits per heavy atom. The first-order valence-electron chi connectivity index (χ1n) is 10.1. The van der Waals surface area contributed by atoms with Gasteiger partial charge in [-0.1, -0.05) is 30.3 Å². The van der Waals surface area contributed by atoms with E-state index in [4.69, 9.17) is 14.6 Å². The first kappa shape index (κ1) is 21.1. The molecule has 7 heteroatoms. The maximum Gasteiger partial charge on any atom is 0.189 e. The minimum Gasteiger partial charge on any atom is -0.493 e. The zero-order valence-corrected chi connectivity index (χ0v) is 18.2. The van der Waals surface area contributed by atoms with Crippen LogP contribution in [0.4, 0.5) is 0 Å². The Labute approximate surface area is 186 Å². The highest BCUT2D eigenvalue weighted by Gasteiger charge is 2.14. The molecule has 162 valence electrons. The smallest absolute Gasteiger partial charge is 0.189 e. The minimum atomic E-state index is -0.118. The Morgan fingerprint density at radius 1 is 1.03 bits per heavy atom. The molecule has 7 nitrogen and oxygen atoms in total. The first-order valence-corrected chi connectivity index (χ1v) is 10.1. The van der Waals surface area contributed by atoms with E-state index in [-0.39, 0.29) is 5.78 Å². The second kappa shape index (κ2) is 9.34. The number of ether oxygens (including phenoxy) is 2. The molecule has 0 spiro atoms. The molecule has 32 heavy (non-hydrogen) atoms. The maximum absolute atomic E-state index is 12.6. The van der Waals surface area contributed by atoms with Gasteiger partial charge in [0.1, 0.15) is 0 Å². The summed E-state index contributed by atoms with van der Waals surface area (Å²) in [7, 11) is 4.98. The van der Waals surface area contributed by atoms with Gasteiger partial charge < -0.3 is 9.47 Å². The topological polar surface area (TPSA) is 71.2 Å². The van der Waals surface area contributed by atoms with Crippen molar-refractivity contribution in [1.82, 2.24) is 19.6 Å². The van der Waals surface area contributed by atoms with Crippen molar-refractivity contribution < 1.29 is 14.3 Å². The lowest BCUT2D eigenvalue weighted by Gasteiger charge is -2.09. The van der Waals surface area contributed by atoms with Crippen molar-refractivity contribution in [2.24, 2.45) is 7.05 Å². The average Bonchev–Trinajstić information content (AvgIpc) is 3.43. The lowest BCUT2D eigenvalue weighted by molar-refractivity contribution is 0.104. The molecule has 0 amide bonds. The van der Waals surface area contributed by atoms with Gasteiger partial charge in [-0.25, -0.2) is 0 Å². The number of hydrogen-bond acceptors (Lipinski definition) is 5. The van der Waals surface area contributed by atoms with Crippen molar-refractivity contribution in [2.75, 3.05) is 14.2 Å². The van der Waals surface area contributed by atoms with Crippen molar-refractivity contribution in [3.8, 4) is 22.8 Å². The molecule has 0 fully saturated rings. The number of methoxy groups -OCH3 is 2. The van der Waals surface area contributed by atoms with Crippen LogP contribution in [0.25, 0.3) is 17.3 Å². The van der Waals surface area contributed by atoms with E-state index in [0.29, 0.717) is 23.6 Å². The number of carbonyl (C=O) groups is 1. The van der Waals surface area contributed by atoms with Crippen LogP contribution in [0.1, 0.15) is 21.5 Å². The van der Waals surface area contributed by atoms with Gasteiger partial charge in [0, 0.05) is 30.6 Å². The van der Waals surface area contributed by atoms with Gasteiger partial charge in [0.2, 0.25) is 0 Å². The molecule has 0 radical (unpaired) electrons. The zero-order chi connectivity index (χ0) is 22.5. The summed E-state index contributed by atoms with van der Waals surface area (Å²) in [5, 5.41) is 8.87. The number of ketones is 1. The Morgan fingerprint density at radius 2 is 1.81 bits per heavy atom. The number of aryl methyl sites for hydroxylation is 1. The molecular formula is C25H24N4O3. The van der Waals surface area contributed by atoms with Crippen LogP contribution in [0.2, 0.25) is 0 Å². The molecule has 4 rings (SSSR count). The van der Waals surface area contributed by atoms with Crippen molar-refractivity contribution in [3.05, 3.63) is 89.9 Å². The highest BCUT2D eigenvalue weighted by Crippen LogP contribution is 2.33. The molecule has 2 aromatic carbocycles. The summed E-state index contributed by atoms with van der Waals surface area (Å²) < 4.78 is 14.3. The molecule has 4 aromatic rings. The van der Waals surface area contributed by atoms with Crippen LogP contribution in [0.15, 0.2) is 73.2 Å². The van der Waals surface area contributed by atoms with Gasteiger partial charge in [-0.3, -0.25) is 14.2 Å².